The van der Waals surface area contributed by atoms with E-state index in [9.17, 15) is 5.11 Å². The average Bonchev–Trinajstić information content (AvgIpc) is 2.78. The molecule has 0 spiro atoms. The molecule has 0 fully saturated rings. The molecule has 0 aliphatic carbocycles. The molecule has 1 heterocycles. The van der Waals surface area contributed by atoms with E-state index in [4.69, 9.17) is 5.73 Å². The van der Waals surface area contributed by atoms with Crippen LogP contribution in [0.25, 0.3) is 0 Å². The zero-order valence-electron chi connectivity index (χ0n) is 10.1. The zero-order valence-corrected chi connectivity index (χ0v) is 10.1. The molecule has 3 rings (SSSR count). The number of phenols is 1. The van der Waals surface area contributed by atoms with Crippen LogP contribution in [0.1, 0.15) is 11.1 Å². The van der Waals surface area contributed by atoms with Crippen LogP contribution >= 0.6 is 0 Å². The molecule has 0 radical (unpaired) electrons. The lowest BCUT2D eigenvalue weighted by Gasteiger charge is -2.19. The summed E-state index contributed by atoms with van der Waals surface area (Å²) < 4.78 is 0. The lowest BCUT2D eigenvalue weighted by molar-refractivity contribution is 0.477. The maximum atomic E-state index is 9.42. The van der Waals surface area contributed by atoms with Gasteiger partial charge in [-0.1, -0.05) is 24.3 Å². The van der Waals surface area contributed by atoms with Gasteiger partial charge in [0.25, 0.3) is 0 Å². The average molecular weight is 240 g/mol. The molecule has 1 aliphatic rings. The highest BCUT2D eigenvalue weighted by Gasteiger charge is 2.18. The van der Waals surface area contributed by atoms with E-state index in [0.29, 0.717) is 5.69 Å². The van der Waals surface area contributed by atoms with E-state index in [1.807, 2.05) is 12.1 Å². The van der Waals surface area contributed by atoms with E-state index in [0.717, 1.165) is 25.1 Å². The molecule has 3 heteroatoms. The lowest BCUT2D eigenvalue weighted by atomic mass is 10.1. The van der Waals surface area contributed by atoms with Gasteiger partial charge in [0, 0.05) is 18.8 Å². The zero-order chi connectivity index (χ0) is 12.5. The van der Waals surface area contributed by atoms with Gasteiger partial charge in [-0.3, -0.25) is 0 Å². The molecule has 92 valence electrons. The summed E-state index contributed by atoms with van der Waals surface area (Å²) in [4.78, 5) is 2.35. The van der Waals surface area contributed by atoms with E-state index < -0.39 is 0 Å². The Hall–Kier alpha value is -2.16. The minimum Gasteiger partial charge on any atom is -0.506 e. The number of nitrogen functional groups attached to an aromatic ring is 1. The van der Waals surface area contributed by atoms with Gasteiger partial charge in [-0.2, -0.15) is 0 Å². The predicted octanol–water partition coefficient (Wildman–Crippen LogP) is 2.54. The van der Waals surface area contributed by atoms with Crippen molar-refractivity contribution in [2.75, 3.05) is 17.2 Å². The first-order valence-electron chi connectivity index (χ1n) is 6.14. The first-order valence-corrected chi connectivity index (χ1v) is 6.14. The number of benzene rings is 2. The fourth-order valence-corrected chi connectivity index (χ4v) is 2.49. The smallest absolute Gasteiger partial charge is 0.138 e. The predicted molar refractivity (Wildman–Crippen MR) is 73.7 cm³/mol. The number of rotatable bonds is 2. The Labute approximate surface area is 106 Å². The van der Waals surface area contributed by atoms with Gasteiger partial charge < -0.3 is 15.7 Å². The second-order valence-corrected chi connectivity index (χ2v) is 4.69. The van der Waals surface area contributed by atoms with Crippen molar-refractivity contribution in [1.82, 2.24) is 0 Å². The van der Waals surface area contributed by atoms with Crippen molar-refractivity contribution >= 4 is 11.4 Å². The van der Waals surface area contributed by atoms with Gasteiger partial charge in [0.15, 0.2) is 0 Å². The molecule has 18 heavy (non-hydrogen) atoms. The van der Waals surface area contributed by atoms with Crippen LogP contribution in [0.4, 0.5) is 11.4 Å². The van der Waals surface area contributed by atoms with Crippen molar-refractivity contribution in [3.05, 3.63) is 53.6 Å². The summed E-state index contributed by atoms with van der Waals surface area (Å²) in [6.45, 7) is 1.88. The van der Waals surface area contributed by atoms with Crippen molar-refractivity contribution in [2.45, 2.75) is 13.0 Å². The van der Waals surface area contributed by atoms with E-state index in [1.54, 1.807) is 6.07 Å². The molecule has 3 N–H and O–H groups in total. The fourth-order valence-electron chi connectivity index (χ4n) is 2.49. The standard InChI is InChI=1S/C15H16N2O/c16-13-9-11(5-6-15(13)18)10-17-8-7-12-3-1-2-4-14(12)17/h1-6,9,18H,7-8,10,16H2. The summed E-state index contributed by atoms with van der Waals surface area (Å²) in [5.41, 5.74) is 10.0. The molecule has 0 atom stereocenters. The molecule has 2 aromatic carbocycles. The molecule has 0 aromatic heterocycles. The Bertz CT molecular complexity index is 580. The Balaban J connectivity index is 1.84. The third-order valence-electron chi connectivity index (χ3n) is 3.45. The molecular weight excluding hydrogens is 224 g/mol. The molecule has 0 saturated heterocycles. The monoisotopic (exact) mass is 240 g/mol. The van der Waals surface area contributed by atoms with Gasteiger partial charge in [-0.15, -0.1) is 0 Å². The first-order chi connectivity index (χ1) is 8.74. The third-order valence-corrected chi connectivity index (χ3v) is 3.45. The molecule has 0 saturated carbocycles. The molecule has 3 nitrogen and oxygen atoms in total. The minimum absolute atomic E-state index is 0.153. The summed E-state index contributed by atoms with van der Waals surface area (Å²) in [5, 5.41) is 9.42. The van der Waals surface area contributed by atoms with Crippen LogP contribution < -0.4 is 10.6 Å². The molecule has 1 aliphatic heterocycles. The van der Waals surface area contributed by atoms with Gasteiger partial charge in [0.05, 0.1) is 5.69 Å². The largest absolute Gasteiger partial charge is 0.506 e. The maximum absolute atomic E-state index is 9.42. The van der Waals surface area contributed by atoms with Crippen LogP contribution in [0.2, 0.25) is 0 Å². The van der Waals surface area contributed by atoms with E-state index in [1.165, 1.54) is 11.3 Å². The quantitative estimate of drug-likeness (QED) is 0.626. The van der Waals surface area contributed by atoms with Gasteiger partial charge in [-0.25, -0.2) is 0 Å². The second kappa shape index (κ2) is 4.26. The van der Waals surface area contributed by atoms with Gasteiger partial charge in [0.2, 0.25) is 0 Å². The molecule has 2 aromatic rings. The van der Waals surface area contributed by atoms with E-state index in [-0.39, 0.29) is 5.75 Å². The normalized spacial score (nSPS) is 13.7. The number of nitrogens with two attached hydrogens (primary N) is 1. The SMILES string of the molecule is Nc1cc(CN2CCc3ccccc32)ccc1O. The lowest BCUT2D eigenvalue weighted by Crippen LogP contribution is -2.19. The highest BCUT2D eigenvalue weighted by atomic mass is 16.3. The Morgan fingerprint density at radius 3 is 2.83 bits per heavy atom. The van der Waals surface area contributed by atoms with E-state index >= 15 is 0 Å². The summed E-state index contributed by atoms with van der Waals surface area (Å²) in [6, 6.07) is 13.9. The number of hydrogen-bond acceptors (Lipinski definition) is 3. The number of anilines is 2. The van der Waals surface area contributed by atoms with Crippen molar-refractivity contribution in [3.63, 3.8) is 0 Å². The number of aromatic hydroxyl groups is 1. The Morgan fingerprint density at radius 2 is 2.00 bits per heavy atom. The summed E-state index contributed by atoms with van der Waals surface area (Å²) >= 11 is 0. The number of nitrogens with zero attached hydrogens (tertiary/aromatic N) is 1. The van der Waals surface area contributed by atoms with Gasteiger partial charge in [0.1, 0.15) is 5.75 Å². The van der Waals surface area contributed by atoms with Crippen molar-refractivity contribution in [1.29, 1.82) is 0 Å². The topological polar surface area (TPSA) is 49.5 Å². The van der Waals surface area contributed by atoms with Crippen molar-refractivity contribution in [2.24, 2.45) is 0 Å². The van der Waals surface area contributed by atoms with Crippen LogP contribution in [0.15, 0.2) is 42.5 Å². The van der Waals surface area contributed by atoms with E-state index in [2.05, 4.69) is 29.2 Å². The van der Waals surface area contributed by atoms with Crippen LogP contribution in [0.5, 0.6) is 5.75 Å². The Morgan fingerprint density at radius 1 is 1.17 bits per heavy atom. The van der Waals surface area contributed by atoms with Crippen molar-refractivity contribution < 1.29 is 5.11 Å². The third kappa shape index (κ3) is 1.88. The van der Waals surface area contributed by atoms with Crippen LogP contribution in [0.3, 0.4) is 0 Å². The number of fused-ring (bicyclic) bond motifs is 1. The van der Waals surface area contributed by atoms with Crippen LogP contribution in [-0.4, -0.2) is 11.7 Å². The molecule has 0 amide bonds. The second-order valence-electron chi connectivity index (χ2n) is 4.69. The van der Waals surface area contributed by atoms with Crippen LogP contribution in [-0.2, 0) is 13.0 Å². The van der Waals surface area contributed by atoms with Crippen LogP contribution in [0, 0.1) is 0 Å². The highest BCUT2D eigenvalue weighted by Crippen LogP contribution is 2.29. The van der Waals surface area contributed by atoms with Crippen molar-refractivity contribution in [3.8, 4) is 5.75 Å². The Kier molecular flexibility index (Phi) is 2.59. The number of phenolic OH excluding ortho intramolecular Hbond substituents is 1. The molecule has 0 bridgehead atoms. The highest BCUT2D eigenvalue weighted by molar-refractivity contribution is 5.59. The van der Waals surface area contributed by atoms with Gasteiger partial charge >= 0.3 is 0 Å². The van der Waals surface area contributed by atoms with Gasteiger partial charge in [-0.05, 0) is 35.7 Å². The number of hydrogen-bond donors (Lipinski definition) is 2. The summed E-state index contributed by atoms with van der Waals surface area (Å²) in [7, 11) is 0. The summed E-state index contributed by atoms with van der Waals surface area (Å²) in [5.74, 6) is 0.153. The summed E-state index contributed by atoms with van der Waals surface area (Å²) in [6.07, 6.45) is 1.10. The fraction of sp³-hybridized carbons (Fsp3) is 0.200. The minimum atomic E-state index is 0.153. The molecule has 0 unspecified atom stereocenters. The number of para-hydroxylation sites is 1. The first kappa shape index (κ1) is 11.0. The maximum Gasteiger partial charge on any atom is 0.138 e. The molecular formula is C15H16N2O.